The second-order valence-corrected chi connectivity index (χ2v) is 8.14. The van der Waals surface area contributed by atoms with E-state index in [1.54, 1.807) is 0 Å². The average molecular weight is 272 g/mol. The molecule has 0 aromatic carbocycles. The molecule has 3 fully saturated rings. The first kappa shape index (κ1) is 12.9. The van der Waals surface area contributed by atoms with Gasteiger partial charge in [-0.3, -0.25) is 0 Å². The zero-order valence-corrected chi connectivity index (χ0v) is 11.8. The molecule has 0 bridgehead atoms. The highest BCUT2D eigenvalue weighted by Gasteiger charge is 2.41. The van der Waals surface area contributed by atoms with E-state index < -0.39 is 10.0 Å². The summed E-state index contributed by atoms with van der Waals surface area (Å²) in [7, 11) is -3.04. The van der Waals surface area contributed by atoms with E-state index >= 15 is 0 Å². The molecule has 1 saturated heterocycles. The van der Waals surface area contributed by atoms with E-state index in [2.05, 4.69) is 5.32 Å². The Morgan fingerprint density at radius 2 is 1.83 bits per heavy atom. The predicted molar refractivity (Wildman–Crippen MR) is 71.9 cm³/mol. The zero-order valence-electron chi connectivity index (χ0n) is 11.0. The van der Waals surface area contributed by atoms with Crippen molar-refractivity contribution in [2.24, 2.45) is 5.92 Å². The molecule has 5 heteroatoms. The van der Waals surface area contributed by atoms with Crippen LogP contribution in [0, 0.1) is 5.92 Å². The van der Waals surface area contributed by atoms with Crippen molar-refractivity contribution in [2.45, 2.75) is 57.0 Å². The minimum Gasteiger partial charge on any atom is -0.313 e. The summed E-state index contributed by atoms with van der Waals surface area (Å²) in [5.74, 6) is 0.968. The van der Waals surface area contributed by atoms with Crippen molar-refractivity contribution < 1.29 is 8.42 Å². The third-order valence-corrected chi connectivity index (χ3v) is 6.26. The molecule has 0 aromatic rings. The van der Waals surface area contributed by atoms with Crippen molar-refractivity contribution in [3.05, 3.63) is 0 Å². The summed E-state index contributed by atoms with van der Waals surface area (Å²) in [6.07, 6.45) is 7.96. The SMILES string of the molecule is O=S(=O)(CC1CCCCN1)N(CC1CC1)C1CC1. The summed E-state index contributed by atoms with van der Waals surface area (Å²) in [5, 5.41) is 3.35. The van der Waals surface area contributed by atoms with Crippen molar-refractivity contribution in [3.63, 3.8) is 0 Å². The molecule has 0 spiro atoms. The Hall–Kier alpha value is -0.130. The van der Waals surface area contributed by atoms with Gasteiger partial charge in [0.25, 0.3) is 0 Å². The lowest BCUT2D eigenvalue weighted by Gasteiger charge is -2.27. The standard InChI is InChI=1S/C13H24N2O2S/c16-18(17,10-12-3-1-2-8-14-12)15(13-6-7-13)9-11-4-5-11/h11-14H,1-10H2. The molecule has 1 atom stereocenters. The van der Waals surface area contributed by atoms with Crippen LogP contribution in [0.4, 0.5) is 0 Å². The molecule has 2 saturated carbocycles. The molecule has 1 unspecified atom stereocenters. The summed E-state index contributed by atoms with van der Waals surface area (Å²) in [6, 6.07) is 0.517. The van der Waals surface area contributed by atoms with Crippen LogP contribution in [0.25, 0.3) is 0 Å². The van der Waals surface area contributed by atoms with Crippen LogP contribution in [0.15, 0.2) is 0 Å². The van der Waals surface area contributed by atoms with Crippen LogP contribution in [-0.4, -0.2) is 43.6 Å². The van der Waals surface area contributed by atoms with Gasteiger partial charge in [0.05, 0.1) is 5.75 Å². The van der Waals surface area contributed by atoms with E-state index in [-0.39, 0.29) is 6.04 Å². The first-order valence-corrected chi connectivity index (χ1v) is 8.99. The highest BCUT2D eigenvalue weighted by Crippen LogP contribution is 2.36. The van der Waals surface area contributed by atoms with E-state index in [4.69, 9.17) is 0 Å². The lowest BCUT2D eigenvalue weighted by molar-refractivity contribution is 0.373. The zero-order chi connectivity index (χ0) is 12.6. The molecule has 0 amide bonds. The van der Waals surface area contributed by atoms with Crippen molar-refractivity contribution in [1.82, 2.24) is 9.62 Å². The normalized spacial score (nSPS) is 29.7. The first-order chi connectivity index (χ1) is 8.65. The number of rotatable bonds is 6. The summed E-state index contributed by atoms with van der Waals surface area (Å²) in [6.45, 7) is 1.77. The topological polar surface area (TPSA) is 49.4 Å². The number of hydrogen-bond donors (Lipinski definition) is 1. The fraction of sp³-hybridized carbons (Fsp3) is 1.00. The van der Waals surface area contributed by atoms with Gasteiger partial charge in [0, 0.05) is 18.6 Å². The molecule has 0 aromatic heterocycles. The quantitative estimate of drug-likeness (QED) is 0.793. The smallest absolute Gasteiger partial charge is 0.215 e. The van der Waals surface area contributed by atoms with Gasteiger partial charge in [-0.25, -0.2) is 8.42 Å². The van der Waals surface area contributed by atoms with Gasteiger partial charge in [-0.1, -0.05) is 6.42 Å². The molecule has 4 nitrogen and oxygen atoms in total. The van der Waals surface area contributed by atoms with Gasteiger partial charge in [0.15, 0.2) is 0 Å². The second kappa shape index (κ2) is 5.10. The van der Waals surface area contributed by atoms with Crippen LogP contribution in [0.3, 0.4) is 0 Å². The van der Waals surface area contributed by atoms with E-state index in [0.717, 1.165) is 32.4 Å². The number of nitrogens with one attached hydrogen (secondary N) is 1. The largest absolute Gasteiger partial charge is 0.313 e. The number of nitrogens with zero attached hydrogens (tertiary/aromatic N) is 1. The minimum atomic E-state index is -3.04. The Balaban J connectivity index is 1.62. The molecule has 0 radical (unpaired) electrons. The molecule has 3 aliphatic rings. The van der Waals surface area contributed by atoms with Crippen LogP contribution in [-0.2, 0) is 10.0 Å². The van der Waals surface area contributed by atoms with Gasteiger partial charge in [-0.15, -0.1) is 0 Å². The molecule has 18 heavy (non-hydrogen) atoms. The lowest BCUT2D eigenvalue weighted by Crippen LogP contribution is -2.45. The number of piperidine rings is 1. The highest BCUT2D eigenvalue weighted by molar-refractivity contribution is 7.89. The fourth-order valence-corrected chi connectivity index (χ4v) is 4.91. The average Bonchev–Trinajstić information content (AvgIpc) is 3.20. The molecular formula is C13H24N2O2S. The van der Waals surface area contributed by atoms with Gasteiger partial charge in [-0.2, -0.15) is 4.31 Å². The third-order valence-electron chi connectivity index (χ3n) is 4.27. The molecule has 1 N–H and O–H groups in total. The maximum absolute atomic E-state index is 12.5. The van der Waals surface area contributed by atoms with Gasteiger partial charge in [0.1, 0.15) is 0 Å². The van der Waals surface area contributed by atoms with Crippen molar-refractivity contribution in [2.75, 3.05) is 18.8 Å². The van der Waals surface area contributed by atoms with Crippen LogP contribution in [0.5, 0.6) is 0 Å². The summed E-state index contributed by atoms with van der Waals surface area (Å²) in [4.78, 5) is 0. The molecule has 2 aliphatic carbocycles. The molecule has 3 rings (SSSR count). The summed E-state index contributed by atoms with van der Waals surface area (Å²) in [5.41, 5.74) is 0. The Morgan fingerprint density at radius 3 is 2.39 bits per heavy atom. The second-order valence-electron chi connectivity index (χ2n) is 6.17. The lowest BCUT2D eigenvalue weighted by atomic mass is 10.1. The van der Waals surface area contributed by atoms with E-state index in [9.17, 15) is 8.42 Å². The molecular weight excluding hydrogens is 248 g/mol. The van der Waals surface area contributed by atoms with Crippen LogP contribution >= 0.6 is 0 Å². The molecule has 104 valence electrons. The van der Waals surface area contributed by atoms with Crippen molar-refractivity contribution in [3.8, 4) is 0 Å². The van der Waals surface area contributed by atoms with Gasteiger partial charge in [0.2, 0.25) is 10.0 Å². The van der Waals surface area contributed by atoms with E-state index in [0.29, 0.717) is 17.7 Å². The Bertz CT molecular complexity index is 382. The predicted octanol–water partition coefficient (Wildman–Crippen LogP) is 1.33. The van der Waals surface area contributed by atoms with E-state index in [1.165, 1.54) is 25.7 Å². The number of sulfonamides is 1. The minimum absolute atomic E-state index is 0.184. The molecule has 1 heterocycles. The Morgan fingerprint density at radius 1 is 1.06 bits per heavy atom. The third kappa shape index (κ3) is 3.25. The van der Waals surface area contributed by atoms with Crippen molar-refractivity contribution in [1.29, 1.82) is 0 Å². The Labute approximate surface area is 110 Å². The van der Waals surface area contributed by atoms with Crippen LogP contribution in [0.2, 0.25) is 0 Å². The van der Waals surface area contributed by atoms with Crippen LogP contribution in [0.1, 0.15) is 44.9 Å². The summed E-state index contributed by atoms with van der Waals surface area (Å²) < 4.78 is 26.9. The maximum atomic E-state index is 12.5. The van der Waals surface area contributed by atoms with Crippen LogP contribution < -0.4 is 5.32 Å². The van der Waals surface area contributed by atoms with Crippen molar-refractivity contribution >= 4 is 10.0 Å². The van der Waals surface area contributed by atoms with Gasteiger partial charge >= 0.3 is 0 Å². The van der Waals surface area contributed by atoms with Gasteiger partial charge in [-0.05, 0) is 51.0 Å². The molecule has 1 aliphatic heterocycles. The Kier molecular flexibility index (Phi) is 3.65. The first-order valence-electron chi connectivity index (χ1n) is 7.38. The monoisotopic (exact) mass is 272 g/mol. The highest BCUT2D eigenvalue weighted by atomic mass is 32.2. The summed E-state index contributed by atoms with van der Waals surface area (Å²) >= 11 is 0. The van der Waals surface area contributed by atoms with E-state index in [1.807, 2.05) is 4.31 Å². The number of hydrogen-bond acceptors (Lipinski definition) is 3. The maximum Gasteiger partial charge on any atom is 0.215 e. The van der Waals surface area contributed by atoms with Gasteiger partial charge < -0.3 is 5.32 Å². The fourth-order valence-electron chi connectivity index (χ4n) is 2.82.